The summed E-state index contributed by atoms with van der Waals surface area (Å²) < 4.78 is 5.69. The Balaban J connectivity index is 1.98. The Morgan fingerprint density at radius 2 is 2.27 bits per heavy atom. The van der Waals surface area contributed by atoms with E-state index in [2.05, 4.69) is 16.8 Å². The van der Waals surface area contributed by atoms with Gasteiger partial charge in [-0.15, -0.1) is 0 Å². The first-order valence-electron chi connectivity index (χ1n) is 5.26. The number of oxazole rings is 1. The predicted molar refractivity (Wildman–Crippen MR) is 59.7 cm³/mol. The first-order valence-corrected chi connectivity index (χ1v) is 5.26. The van der Waals surface area contributed by atoms with Gasteiger partial charge in [0.1, 0.15) is 5.52 Å². The van der Waals surface area contributed by atoms with Crippen molar-refractivity contribution in [2.45, 2.75) is 6.42 Å². The third kappa shape index (κ3) is 1.48. The van der Waals surface area contributed by atoms with E-state index in [1.807, 2.05) is 24.3 Å². The Labute approximate surface area is 88.7 Å². The molecule has 0 N–H and O–H groups in total. The fraction of sp³-hybridized carbons (Fsp3) is 0.333. The maximum atomic E-state index is 5.69. The van der Waals surface area contributed by atoms with Gasteiger partial charge in [0.05, 0.1) is 0 Å². The number of para-hydroxylation sites is 2. The molecule has 0 bridgehead atoms. The number of nitrogens with zero attached hydrogens (tertiary/aromatic N) is 2. The average Bonchev–Trinajstić information content (AvgIpc) is 2.82. The van der Waals surface area contributed by atoms with Gasteiger partial charge in [0, 0.05) is 13.1 Å². The molecule has 2 heterocycles. The highest BCUT2D eigenvalue weighted by Crippen LogP contribution is 2.26. The van der Waals surface area contributed by atoms with E-state index in [9.17, 15) is 0 Å². The SMILES string of the molecule is [CH2][C@@H]1CCN(c2nc3ccccc3o2)C1. The van der Waals surface area contributed by atoms with E-state index >= 15 is 0 Å². The van der Waals surface area contributed by atoms with Crippen LogP contribution in [0.5, 0.6) is 0 Å². The summed E-state index contributed by atoms with van der Waals surface area (Å²) in [6.07, 6.45) is 1.12. The summed E-state index contributed by atoms with van der Waals surface area (Å²) in [5.41, 5.74) is 1.79. The maximum absolute atomic E-state index is 5.69. The fourth-order valence-corrected chi connectivity index (χ4v) is 2.00. The molecule has 15 heavy (non-hydrogen) atoms. The number of hydrogen-bond donors (Lipinski definition) is 0. The van der Waals surface area contributed by atoms with E-state index in [4.69, 9.17) is 4.42 Å². The van der Waals surface area contributed by atoms with Crippen LogP contribution in [-0.2, 0) is 0 Å². The summed E-state index contributed by atoms with van der Waals surface area (Å²) in [6.45, 7) is 6.01. The van der Waals surface area contributed by atoms with Crippen LogP contribution in [-0.4, -0.2) is 18.1 Å². The van der Waals surface area contributed by atoms with Crippen LogP contribution in [0.25, 0.3) is 11.1 Å². The summed E-state index contributed by atoms with van der Waals surface area (Å²) in [5.74, 6) is 0.500. The van der Waals surface area contributed by atoms with E-state index in [1.165, 1.54) is 0 Å². The van der Waals surface area contributed by atoms with Crippen LogP contribution in [0.3, 0.4) is 0 Å². The minimum atomic E-state index is 0.500. The molecule has 0 saturated carbocycles. The lowest BCUT2D eigenvalue weighted by Gasteiger charge is -2.11. The standard InChI is InChI=1S/C12H13N2O/c1-9-6-7-14(8-9)12-13-10-4-2-3-5-11(10)15-12/h2-5,9H,1,6-8H2/t9-/m1/s1. The minimum Gasteiger partial charge on any atom is -0.423 e. The predicted octanol–water partition coefficient (Wildman–Crippen LogP) is 2.49. The molecule has 0 aliphatic carbocycles. The minimum absolute atomic E-state index is 0.500. The van der Waals surface area contributed by atoms with Gasteiger partial charge in [0.15, 0.2) is 5.58 Å². The molecule has 1 aliphatic rings. The van der Waals surface area contributed by atoms with Gasteiger partial charge in [-0.05, 0) is 31.4 Å². The number of rotatable bonds is 1. The van der Waals surface area contributed by atoms with Crippen molar-refractivity contribution in [2.75, 3.05) is 18.0 Å². The first-order chi connectivity index (χ1) is 7.33. The highest BCUT2D eigenvalue weighted by molar-refractivity contribution is 5.74. The molecule has 1 aromatic heterocycles. The number of fused-ring (bicyclic) bond motifs is 1. The lowest BCUT2D eigenvalue weighted by atomic mass is 10.2. The van der Waals surface area contributed by atoms with Crippen molar-refractivity contribution in [1.82, 2.24) is 4.98 Å². The molecule has 2 aromatic rings. The van der Waals surface area contributed by atoms with Crippen LogP contribution < -0.4 is 4.90 Å². The summed E-state index contributed by atoms with van der Waals surface area (Å²) in [7, 11) is 0. The molecule has 1 fully saturated rings. The highest BCUT2D eigenvalue weighted by Gasteiger charge is 2.22. The average molecular weight is 201 g/mol. The van der Waals surface area contributed by atoms with Crippen LogP contribution >= 0.6 is 0 Å². The molecule has 77 valence electrons. The molecule has 0 spiro atoms. The molecule has 0 amide bonds. The molecule has 0 unspecified atom stereocenters. The largest absolute Gasteiger partial charge is 0.423 e. The van der Waals surface area contributed by atoms with Gasteiger partial charge in [0.2, 0.25) is 0 Å². The topological polar surface area (TPSA) is 29.3 Å². The van der Waals surface area contributed by atoms with Crippen LogP contribution in [0.15, 0.2) is 28.7 Å². The number of anilines is 1. The van der Waals surface area contributed by atoms with Crippen LogP contribution in [0.4, 0.5) is 6.01 Å². The summed E-state index contributed by atoms with van der Waals surface area (Å²) >= 11 is 0. The van der Waals surface area contributed by atoms with Gasteiger partial charge in [0.25, 0.3) is 6.01 Å². The molecule has 1 aliphatic heterocycles. The van der Waals surface area contributed by atoms with Crippen molar-refractivity contribution in [2.24, 2.45) is 5.92 Å². The Morgan fingerprint density at radius 3 is 3.00 bits per heavy atom. The van der Waals surface area contributed by atoms with E-state index in [0.717, 1.165) is 36.6 Å². The molecular weight excluding hydrogens is 188 g/mol. The van der Waals surface area contributed by atoms with Gasteiger partial charge < -0.3 is 9.32 Å². The van der Waals surface area contributed by atoms with Crippen molar-refractivity contribution >= 4 is 17.1 Å². The van der Waals surface area contributed by atoms with Crippen molar-refractivity contribution in [3.05, 3.63) is 31.2 Å². The van der Waals surface area contributed by atoms with Crippen LogP contribution in [0.1, 0.15) is 6.42 Å². The van der Waals surface area contributed by atoms with Crippen LogP contribution in [0.2, 0.25) is 0 Å². The fourth-order valence-electron chi connectivity index (χ4n) is 2.00. The smallest absolute Gasteiger partial charge is 0.298 e. The second-order valence-electron chi connectivity index (χ2n) is 4.06. The monoisotopic (exact) mass is 201 g/mol. The first kappa shape index (κ1) is 8.77. The Hall–Kier alpha value is -1.51. The molecule has 3 rings (SSSR count). The van der Waals surface area contributed by atoms with E-state index in [-0.39, 0.29) is 0 Å². The highest BCUT2D eigenvalue weighted by atomic mass is 16.4. The van der Waals surface area contributed by atoms with Gasteiger partial charge >= 0.3 is 0 Å². The lowest BCUT2D eigenvalue weighted by molar-refractivity contribution is 0.582. The van der Waals surface area contributed by atoms with Crippen molar-refractivity contribution < 1.29 is 4.42 Å². The molecule has 3 nitrogen and oxygen atoms in total. The normalized spacial score (nSPS) is 21.4. The molecule has 1 saturated heterocycles. The quantitative estimate of drug-likeness (QED) is 0.709. The lowest BCUT2D eigenvalue weighted by Crippen LogP contribution is -2.19. The second-order valence-corrected chi connectivity index (χ2v) is 4.06. The Morgan fingerprint density at radius 1 is 1.40 bits per heavy atom. The van der Waals surface area contributed by atoms with Gasteiger partial charge in [-0.2, -0.15) is 4.98 Å². The van der Waals surface area contributed by atoms with Gasteiger partial charge in [-0.3, -0.25) is 0 Å². The third-order valence-electron chi connectivity index (χ3n) is 2.84. The van der Waals surface area contributed by atoms with Gasteiger partial charge in [-0.1, -0.05) is 12.1 Å². The van der Waals surface area contributed by atoms with E-state index in [1.54, 1.807) is 0 Å². The Bertz CT molecular complexity index is 444. The van der Waals surface area contributed by atoms with Crippen molar-refractivity contribution in [3.8, 4) is 0 Å². The maximum Gasteiger partial charge on any atom is 0.298 e. The zero-order chi connectivity index (χ0) is 10.3. The second kappa shape index (κ2) is 3.26. The zero-order valence-electron chi connectivity index (χ0n) is 8.52. The molecule has 3 heteroatoms. The summed E-state index contributed by atoms with van der Waals surface area (Å²) in [6, 6.07) is 8.60. The molecule has 1 radical (unpaired) electrons. The van der Waals surface area contributed by atoms with Gasteiger partial charge in [-0.25, -0.2) is 0 Å². The molecular formula is C12H13N2O. The summed E-state index contributed by atoms with van der Waals surface area (Å²) in [5, 5.41) is 0. The molecule has 1 aromatic carbocycles. The third-order valence-corrected chi connectivity index (χ3v) is 2.84. The number of aromatic nitrogens is 1. The van der Waals surface area contributed by atoms with Crippen LogP contribution in [0, 0.1) is 12.8 Å². The van der Waals surface area contributed by atoms with E-state index < -0.39 is 0 Å². The van der Waals surface area contributed by atoms with E-state index in [0.29, 0.717) is 5.92 Å². The molecule has 1 atom stereocenters. The van der Waals surface area contributed by atoms with Crippen molar-refractivity contribution in [1.29, 1.82) is 0 Å². The van der Waals surface area contributed by atoms with Crippen molar-refractivity contribution in [3.63, 3.8) is 0 Å². The number of benzene rings is 1. The number of hydrogen-bond acceptors (Lipinski definition) is 3. The Kier molecular flexibility index (Phi) is 1.91. The summed E-state index contributed by atoms with van der Waals surface area (Å²) in [4.78, 5) is 6.62. The zero-order valence-corrected chi connectivity index (χ0v) is 8.52.